The Morgan fingerprint density at radius 2 is 2.07 bits per heavy atom. The first kappa shape index (κ1) is 13.6. The SMILES string of the molecule is CCC(C)OC(=O)C(C)S(=O)CCO. The minimum Gasteiger partial charge on any atom is -0.462 e. The Labute approximate surface area is 87.1 Å². The van der Waals surface area contributed by atoms with E-state index in [1.165, 1.54) is 0 Å². The molecule has 5 heteroatoms. The first-order chi connectivity index (χ1) is 6.52. The van der Waals surface area contributed by atoms with E-state index >= 15 is 0 Å². The molecule has 4 nitrogen and oxygen atoms in total. The molecular weight excluding hydrogens is 204 g/mol. The summed E-state index contributed by atoms with van der Waals surface area (Å²) in [5.41, 5.74) is 0. The van der Waals surface area contributed by atoms with E-state index in [0.29, 0.717) is 0 Å². The van der Waals surface area contributed by atoms with Crippen LogP contribution in [-0.2, 0) is 20.3 Å². The van der Waals surface area contributed by atoms with E-state index in [0.717, 1.165) is 6.42 Å². The molecule has 0 aromatic carbocycles. The maximum Gasteiger partial charge on any atom is 0.321 e. The quantitative estimate of drug-likeness (QED) is 0.663. The van der Waals surface area contributed by atoms with Crippen molar-refractivity contribution < 1.29 is 18.8 Å². The van der Waals surface area contributed by atoms with Gasteiger partial charge in [0.2, 0.25) is 0 Å². The lowest BCUT2D eigenvalue weighted by Crippen LogP contribution is -2.29. The Hall–Kier alpha value is -0.420. The predicted molar refractivity (Wildman–Crippen MR) is 55.4 cm³/mol. The number of aliphatic hydroxyl groups is 1. The lowest BCUT2D eigenvalue weighted by atomic mass is 10.3. The van der Waals surface area contributed by atoms with Crippen LogP contribution in [0.25, 0.3) is 0 Å². The van der Waals surface area contributed by atoms with Crippen LogP contribution >= 0.6 is 0 Å². The number of aliphatic hydroxyl groups excluding tert-OH is 1. The van der Waals surface area contributed by atoms with E-state index in [1.54, 1.807) is 13.8 Å². The van der Waals surface area contributed by atoms with E-state index in [1.807, 2.05) is 6.92 Å². The second kappa shape index (κ2) is 6.95. The molecule has 0 aromatic rings. The molecule has 0 saturated heterocycles. The van der Waals surface area contributed by atoms with Gasteiger partial charge in [0.15, 0.2) is 0 Å². The van der Waals surface area contributed by atoms with Crippen LogP contribution in [0.4, 0.5) is 0 Å². The lowest BCUT2D eigenvalue weighted by Gasteiger charge is -2.14. The first-order valence-corrected chi connectivity index (χ1v) is 6.09. The van der Waals surface area contributed by atoms with Crippen LogP contribution in [0.1, 0.15) is 27.2 Å². The number of carbonyl (C=O) groups excluding carboxylic acids is 1. The number of ether oxygens (including phenoxy) is 1. The molecule has 0 heterocycles. The summed E-state index contributed by atoms with van der Waals surface area (Å²) in [6.45, 7) is 5.08. The van der Waals surface area contributed by atoms with Crippen molar-refractivity contribution in [3.63, 3.8) is 0 Å². The molecule has 0 aliphatic carbocycles. The normalized spacial score (nSPS) is 17.1. The predicted octanol–water partition coefficient (Wildman–Crippen LogP) is 0.458. The summed E-state index contributed by atoms with van der Waals surface area (Å²) in [6.07, 6.45) is 0.599. The van der Waals surface area contributed by atoms with E-state index in [9.17, 15) is 9.00 Å². The van der Waals surface area contributed by atoms with Gasteiger partial charge in [-0.05, 0) is 20.3 Å². The van der Waals surface area contributed by atoms with Crippen LogP contribution in [0.2, 0.25) is 0 Å². The molecule has 0 aromatic heterocycles. The van der Waals surface area contributed by atoms with Crippen LogP contribution in [0.15, 0.2) is 0 Å². The average Bonchev–Trinajstić information content (AvgIpc) is 2.16. The third-order valence-electron chi connectivity index (χ3n) is 1.91. The second-order valence-corrected chi connectivity index (χ2v) is 4.98. The molecule has 3 unspecified atom stereocenters. The van der Waals surface area contributed by atoms with Gasteiger partial charge in [-0.15, -0.1) is 0 Å². The molecule has 0 bridgehead atoms. The molecule has 0 rings (SSSR count). The Balaban J connectivity index is 4.04. The minimum absolute atomic E-state index is 0.122. The Morgan fingerprint density at radius 1 is 1.50 bits per heavy atom. The van der Waals surface area contributed by atoms with Crippen LogP contribution in [0, 0.1) is 0 Å². The van der Waals surface area contributed by atoms with Gasteiger partial charge in [-0.1, -0.05) is 6.92 Å². The number of esters is 1. The van der Waals surface area contributed by atoms with Gasteiger partial charge in [-0.2, -0.15) is 0 Å². The number of hydrogen-bond acceptors (Lipinski definition) is 4. The topological polar surface area (TPSA) is 63.6 Å². The highest BCUT2D eigenvalue weighted by Gasteiger charge is 2.22. The van der Waals surface area contributed by atoms with Gasteiger partial charge in [-0.3, -0.25) is 9.00 Å². The van der Waals surface area contributed by atoms with Crippen LogP contribution < -0.4 is 0 Å². The number of hydrogen-bond donors (Lipinski definition) is 1. The zero-order chi connectivity index (χ0) is 11.1. The fourth-order valence-corrected chi connectivity index (χ4v) is 1.56. The third kappa shape index (κ3) is 4.72. The van der Waals surface area contributed by atoms with Gasteiger partial charge in [0, 0.05) is 16.6 Å². The number of carbonyl (C=O) groups is 1. The zero-order valence-electron chi connectivity index (χ0n) is 8.86. The molecule has 14 heavy (non-hydrogen) atoms. The van der Waals surface area contributed by atoms with E-state index in [2.05, 4.69) is 0 Å². The average molecular weight is 222 g/mol. The zero-order valence-corrected chi connectivity index (χ0v) is 9.67. The maximum absolute atomic E-state index is 11.3. The highest BCUT2D eigenvalue weighted by molar-refractivity contribution is 7.86. The van der Waals surface area contributed by atoms with Gasteiger partial charge in [-0.25, -0.2) is 0 Å². The van der Waals surface area contributed by atoms with Crippen molar-refractivity contribution in [2.45, 2.75) is 38.5 Å². The monoisotopic (exact) mass is 222 g/mol. The summed E-state index contributed by atoms with van der Waals surface area (Å²) >= 11 is 0. The Kier molecular flexibility index (Phi) is 6.74. The molecular formula is C9H18O4S. The summed E-state index contributed by atoms with van der Waals surface area (Å²) in [5, 5.41) is 7.89. The summed E-state index contributed by atoms with van der Waals surface area (Å²) in [5.74, 6) is -0.331. The summed E-state index contributed by atoms with van der Waals surface area (Å²) < 4.78 is 16.3. The minimum atomic E-state index is -1.34. The molecule has 0 amide bonds. The third-order valence-corrected chi connectivity index (χ3v) is 3.48. The van der Waals surface area contributed by atoms with Crippen LogP contribution in [0.5, 0.6) is 0 Å². The maximum atomic E-state index is 11.3. The summed E-state index contributed by atoms with van der Waals surface area (Å²) in [7, 11) is -1.34. The van der Waals surface area contributed by atoms with Crippen molar-refractivity contribution in [3.05, 3.63) is 0 Å². The van der Waals surface area contributed by atoms with Crippen LogP contribution in [0.3, 0.4) is 0 Å². The molecule has 84 valence electrons. The van der Waals surface area contributed by atoms with E-state index in [-0.39, 0.29) is 18.5 Å². The smallest absolute Gasteiger partial charge is 0.321 e. The van der Waals surface area contributed by atoms with Gasteiger partial charge in [0.05, 0.1) is 12.7 Å². The Bertz CT molecular complexity index is 205. The van der Waals surface area contributed by atoms with Crippen molar-refractivity contribution in [1.29, 1.82) is 0 Å². The molecule has 1 N–H and O–H groups in total. The van der Waals surface area contributed by atoms with Gasteiger partial charge >= 0.3 is 5.97 Å². The van der Waals surface area contributed by atoms with Gasteiger partial charge in [0.1, 0.15) is 5.25 Å². The van der Waals surface area contributed by atoms with Crippen LogP contribution in [-0.4, -0.2) is 39.0 Å². The molecule has 0 spiro atoms. The fourth-order valence-electron chi connectivity index (χ4n) is 0.752. The van der Waals surface area contributed by atoms with Crippen molar-refractivity contribution in [2.75, 3.05) is 12.4 Å². The highest BCUT2D eigenvalue weighted by atomic mass is 32.2. The van der Waals surface area contributed by atoms with Crippen molar-refractivity contribution in [1.82, 2.24) is 0 Å². The fraction of sp³-hybridized carbons (Fsp3) is 0.889. The molecule has 0 radical (unpaired) electrons. The molecule has 0 aliphatic heterocycles. The molecule has 0 aliphatic rings. The lowest BCUT2D eigenvalue weighted by molar-refractivity contribution is -0.147. The first-order valence-electron chi connectivity index (χ1n) is 4.71. The van der Waals surface area contributed by atoms with E-state index in [4.69, 9.17) is 9.84 Å². The largest absolute Gasteiger partial charge is 0.462 e. The molecule has 3 atom stereocenters. The Morgan fingerprint density at radius 3 is 2.50 bits per heavy atom. The van der Waals surface area contributed by atoms with Gasteiger partial charge in [0.25, 0.3) is 0 Å². The summed E-state index contributed by atoms with van der Waals surface area (Å²) in [4.78, 5) is 11.3. The van der Waals surface area contributed by atoms with E-state index < -0.39 is 22.0 Å². The van der Waals surface area contributed by atoms with Gasteiger partial charge < -0.3 is 9.84 Å². The van der Waals surface area contributed by atoms with Crippen molar-refractivity contribution in [2.24, 2.45) is 0 Å². The molecule has 0 fully saturated rings. The molecule has 0 saturated carbocycles. The standard InChI is InChI=1S/C9H18O4S/c1-4-7(2)13-9(11)8(3)14(12)6-5-10/h7-8,10H,4-6H2,1-3H3. The van der Waals surface area contributed by atoms with Crippen molar-refractivity contribution >= 4 is 16.8 Å². The highest BCUT2D eigenvalue weighted by Crippen LogP contribution is 2.04. The number of rotatable bonds is 6. The second-order valence-electron chi connectivity index (χ2n) is 3.11. The van der Waals surface area contributed by atoms with Crippen molar-refractivity contribution in [3.8, 4) is 0 Å². The summed E-state index contributed by atoms with van der Waals surface area (Å²) in [6, 6.07) is 0.